The summed E-state index contributed by atoms with van der Waals surface area (Å²) in [5.41, 5.74) is 0. The average molecular weight is 723 g/mol. The standard InChI is InChI=1S/C38H75O10P/c1-3-5-7-9-11-13-15-16-17-18-19-20-22-23-25-27-29-37(41)45-33-36(34-47-49(43,44)46-32-35(40)31-39)48-38(42)30-28-26-24-21-14-12-10-8-6-4-2/h35-36,39-40H,3-34H2,1-2H3,(H,43,44)/t35-,36-/m1/s1. The van der Waals surface area contributed by atoms with Crippen LogP contribution in [0.2, 0.25) is 0 Å². The zero-order valence-electron chi connectivity index (χ0n) is 31.4. The molecule has 11 heteroatoms. The van der Waals surface area contributed by atoms with Crippen LogP contribution in [0, 0.1) is 0 Å². The van der Waals surface area contributed by atoms with Gasteiger partial charge in [0.15, 0.2) is 6.10 Å². The van der Waals surface area contributed by atoms with Crippen LogP contribution in [0.25, 0.3) is 0 Å². The largest absolute Gasteiger partial charge is 0.472 e. The highest BCUT2D eigenvalue weighted by Gasteiger charge is 2.27. The lowest BCUT2D eigenvalue weighted by Gasteiger charge is -2.20. The minimum absolute atomic E-state index is 0.191. The summed E-state index contributed by atoms with van der Waals surface area (Å²) in [6, 6.07) is 0. The Hall–Kier alpha value is -1.03. The first-order valence-electron chi connectivity index (χ1n) is 20.0. The first-order valence-corrected chi connectivity index (χ1v) is 21.5. The molecule has 0 aromatic heterocycles. The molecule has 0 radical (unpaired) electrons. The number of rotatable bonds is 38. The summed E-state index contributed by atoms with van der Waals surface area (Å²) < 4.78 is 32.6. The smallest absolute Gasteiger partial charge is 0.462 e. The Morgan fingerprint density at radius 3 is 1.27 bits per heavy atom. The van der Waals surface area contributed by atoms with Gasteiger partial charge < -0.3 is 24.6 Å². The molecule has 0 aromatic rings. The van der Waals surface area contributed by atoms with E-state index in [4.69, 9.17) is 19.1 Å². The van der Waals surface area contributed by atoms with Crippen molar-refractivity contribution < 1.29 is 47.8 Å². The lowest BCUT2D eigenvalue weighted by molar-refractivity contribution is -0.161. The quantitative estimate of drug-likeness (QED) is 0.0319. The molecular formula is C38H75O10P. The van der Waals surface area contributed by atoms with Crippen LogP contribution in [0.3, 0.4) is 0 Å². The van der Waals surface area contributed by atoms with Crippen molar-refractivity contribution in [2.75, 3.05) is 26.4 Å². The summed E-state index contributed by atoms with van der Waals surface area (Å²) in [5, 5.41) is 18.3. The number of esters is 2. The van der Waals surface area contributed by atoms with Crippen molar-refractivity contribution in [2.24, 2.45) is 0 Å². The molecule has 292 valence electrons. The van der Waals surface area contributed by atoms with E-state index in [1.165, 1.54) is 122 Å². The second-order valence-electron chi connectivity index (χ2n) is 13.7. The van der Waals surface area contributed by atoms with E-state index in [1.54, 1.807) is 0 Å². The Morgan fingerprint density at radius 1 is 0.531 bits per heavy atom. The molecule has 0 aliphatic carbocycles. The molecule has 49 heavy (non-hydrogen) atoms. The summed E-state index contributed by atoms with van der Waals surface area (Å²) in [6.07, 6.45) is 29.3. The molecule has 1 unspecified atom stereocenters. The summed E-state index contributed by atoms with van der Waals surface area (Å²) in [5.74, 6) is -0.915. The van der Waals surface area contributed by atoms with Crippen molar-refractivity contribution in [1.29, 1.82) is 0 Å². The number of unbranched alkanes of at least 4 members (excludes halogenated alkanes) is 24. The molecule has 0 fully saturated rings. The van der Waals surface area contributed by atoms with E-state index in [9.17, 15) is 24.2 Å². The number of hydrogen-bond acceptors (Lipinski definition) is 9. The monoisotopic (exact) mass is 723 g/mol. The fourth-order valence-corrected chi connectivity index (χ4v) is 6.43. The highest BCUT2D eigenvalue weighted by atomic mass is 31.2. The fraction of sp³-hybridized carbons (Fsp3) is 0.947. The van der Waals surface area contributed by atoms with Crippen molar-refractivity contribution in [3.8, 4) is 0 Å². The van der Waals surface area contributed by atoms with Crippen molar-refractivity contribution in [1.82, 2.24) is 0 Å². The molecule has 0 rings (SSSR count). The summed E-state index contributed by atoms with van der Waals surface area (Å²) >= 11 is 0. The Morgan fingerprint density at radius 2 is 0.878 bits per heavy atom. The van der Waals surface area contributed by atoms with E-state index in [0.717, 1.165) is 32.1 Å². The van der Waals surface area contributed by atoms with Gasteiger partial charge in [0.1, 0.15) is 12.7 Å². The molecule has 0 spiro atoms. The van der Waals surface area contributed by atoms with Crippen LogP contribution < -0.4 is 0 Å². The van der Waals surface area contributed by atoms with Gasteiger partial charge in [-0.25, -0.2) is 4.57 Å². The van der Waals surface area contributed by atoms with Gasteiger partial charge in [-0.1, -0.05) is 168 Å². The molecule has 0 amide bonds. The summed E-state index contributed by atoms with van der Waals surface area (Å²) in [7, 11) is -4.60. The minimum atomic E-state index is -4.60. The molecule has 0 bridgehead atoms. The number of ether oxygens (including phenoxy) is 2. The van der Waals surface area contributed by atoms with Crippen LogP contribution in [0.4, 0.5) is 0 Å². The molecule has 3 N–H and O–H groups in total. The van der Waals surface area contributed by atoms with Crippen LogP contribution in [-0.2, 0) is 32.7 Å². The van der Waals surface area contributed by atoms with Crippen molar-refractivity contribution >= 4 is 19.8 Å². The number of phosphoric acid groups is 1. The Labute approximate surface area is 299 Å². The zero-order valence-corrected chi connectivity index (χ0v) is 32.3. The van der Waals surface area contributed by atoms with E-state index in [2.05, 4.69) is 18.4 Å². The maximum Gasteiger partial charge on any atom is 0.472 e. The van der Waals surface area contributed by atoms with Gasteiger partial charge in [-0.05, 0) is 12.8 Å². The van der Waals surface area contributed by atoms with Crippen LogP contribution in [0.1, 0.15) is 194 Å². The Balaban J connectivity index is 4.25. The SMILES string of the molecule is CCCCCCCCCCCCCCCCCCC(=O)OC[C@H](COP(=O)(O)OC[C@H](O)CO)OC(=O)CCCCCCCCCCCC. The second kappa shape index (κ2) is 35.4. The number of aliphatic hydroxyl groups excluding tert-OH is 2. The van der Waals surface area contributed by atoms with Gasteiger partial charge in [0.25, 0.3) is 0 Å². The first kappa shape index (κ1) is 48.0. The first-order chi connectivity index (χ1) is 23.7. The third kappa shape index (κ3) is 35.2. The van der Waals surface area contributed by atoms with Gasteiger partial charge in [0.05, 0.1) is 19.8 Å². The normalized spacial score (nSPS) is 14.0. The molecule has 0 aromatic carbocycles. The average Bonchev–Trinajstić information content (AvgIpc) is 3.09. The minimum Gasteiger partial charge on any atom is -0.462 e. The molecule has 0 aliphatic rings. The van der Waals surface area contributed by atoms with Gasteiger partial charge in [-0.2, -0.15) is 0 Å². The number of carbonyl (C=O) groups is 2. The topological polar surface area (TPSA) is 149 Å². The summed E-state index contributed by atoms with van der Waals surface area (Å²) in [4.78, 5) is 34.8. The van der Waals surface area contributed by atoms with Crippen molar-refractivity contribution in [3.05, 3.63) is 0 Å². The van der Waals surface area contributed by atoms with E-state index < -0.39 is 51.8 Å². The lowest BCUT2D eigenvalue weighted by Crippen LogP contribution is -2.29. The number of aliphatic hydroxyl groups is 2. The highest BCUT2D eigenvalue weighted by Crippen LogP contribution is 2.43. The Kier molecular flexibility index (Phi) is 34.6. The number of carbonyl (C=O) groups excluding carboxylic acids is 2. The predicted molar refractivity (Wildman–Crippen MR) is 196 cm³/mol. The second-order valence-corrected chi connectivity index (χ2v) is 15.1. The number of phosphoric ester groups is 1. The van der Waals surface area contributed by atoms with Crippen molar-refractivity contribution in [3.63, 3.8) is 0 Å². The van der Waals surface area contributed by atoms with E-state index in [1.807, 2.05) is 0 Å². The van der Waals surface area contributed by atoms with E-state index in [-0.39, 0.29) is 19.4 Å². The molecule has 0 heterocycles. The predicted octanol–water partition coefficient (Wildman–Crippen LogP) is 9.89. The molecule has 0 saturated carbocycles. The van der Waals surface area contributed by atoms with Crippen LogP contribution in [0.5, 0.6) is 0 Å². The van der Waals surface area contributed by atoms with Gasteiger partial charge in [-0.15, -0.1) is 0 Å². The summed E-state index contributed by atoms with van der Waals surface area (Å²) in [6.45, 7) is 2.38. The third-order valence-corrected chi connectivity index (χ3v) is 9.71. The van der Waals surface area contributed by atoms with Crippen molar-refractivity contribution in [2.45, 2.75) is 206 Å². The third-order valence-electron chi connectivity index (χ3n) is 8.76. The Bertz CT molecular complexity index is 796. The fourth-order valence-electron chi connectivity index (χ4n) is 5.64. The lowest BCUT2D eigenvalue weighted by atomic mass is 10.0. The van der Waals surface area contributed by atoms with Crippen LogP contribution >= 0.6 is 7.82 Å². The van der Waals surface area contributed by atoms with Gasteiger partial charge in [0.2, 0.25) is 0 Å². The highest BCUT2D eigenvalue weighted by molar-refractivity contribution is 7.47. The van der Waals surface area contributed by atoms with Gasteiger partial charge in [-0.3, -0.25) is 18.6 Å². The number of hydrogen-bond donors (Lipinski definition) is 3. The molecule has 3 atom stereocenters. The molecule has 10 nitrogen and oxygen atoms in total. The van der Waals surface area contributed by atoms with Gasteiger partial charge in [0, 0.05) is 12.8 Å². The molecule has 0 aliphatic heterocycles. The maximum atomic E-state index is 12.5. The van der Waals surface area contributed by atoms with Crippen LogP contribution in [0.15, 0.2) is 0 Å². The molecule has 0 saturated heterocycles. The maximum absolute atomic E-state index is 12.5. The van der Waals surface area contributed by atoms with Gasteiger partial charge >= 0.3 is 19.8 Å². The van der Waals surface area contributed by atoms with Crippen LogP contribution in [-0.4, -0.2) is 65.7 Å². The van der Waals surface area contributed by atoms with E-state index in [0.29, 0.717) is 12.8 Å². The van der Waals surface area contributed by atoms with E-state index >= 15 is 0 Å². The molecular weight excluding hydrogens is 647 g/mol. The zero-order chi connectivity index (χ0) is 36.3.